The van der Waals surface area contributed by atoms with Crippen LogP contribution in [0.4, 0.5) is 0 Å². The Morgan fingerprint density at radius 3 is 1.45 bits per heavy atom. The fourth-order valence-corrected chi connectivity index (χ4v) is 7.26. The Labute approximate surface area is 305 Å². The monoisotopic (exact) mass is 703 g/mol. The normalized spacial score (nSPS) is 16.0. The maximum absolute atomic E-state index is 12.5. The number of aromatic nitrogens is 8. The molecule has 0 aliphatic heterocycles. The number of amides is 1. The van der Waals surface area contributed by atoms with Crippen molar-refractivity contribution >= 4 is 24.0 Å². The van der Waals surface area contributed by atoms with Crippen molar-refractivity contribution in [2.45, 2.75) is 49.5 Å². The summed E-state index contributed by atoms with van der Waals surface area (Å²) in [6.07, 6.45) is 26.1. The molecule has 3 N–H and O–H groups in total. The van der Waals surface area contributed by atoms with E-state index >= 15 is 0 Å². The summed E-state index contributed by atoms with van der Waals surface area (Å²) >= 11 is 0. The summed E-state index contributed by atoms with van der Waals surface area (Å²) in [5.74, 6) is -0.505. The summed E-state index contributed by atoms with van der Waals surface area (Å²) in [7, 11) is 0. The molecule has 264 valence electrons. The first kappa shape index (κ1) is 33.6. The van der Waals surface area contributed by atoms with Gasteiger partial charge >= 0.3 is 5.97 Å². The Hall–Kier alpha value is -6.56. The van der Waals surface area contributed by atoms with Crippen molar-refractivity contribution in [3.8, 4) is 0 Å². The number of pyridine rings is 4. The maximum atomic E-state index is 12.5. The molecule has 1 fully saturated rings. The van der Waals surface area contributed by atoms with Gasteiger partial charge in [0.05, 0.1) is 6.61 Å². The van der Waals surface area contributed by atoms with Gasteiger partial charge in [-0.1, -0.05) is 24.3 Å². The Morgan fingerprint density at radius 2 is 1.06 bits per heavy atom. The molecule has 9 rings (SSSR count). The van der Waals surface area contributed by atoms with Crippen molar-refractivity contribution in [2.75, 3.05) is 6.61 Å². The first-order chi connectivity index (χ1) is 26.0. The molecule has 0 spiro atoms. The highest BCUT2D eigenvalue weighted by molar-refractivity contribution is 5.97. The third-order valence-electron chi connectivity index (χ3n) is 10.1. The predicted octanol–water partition coefficient (Wildman–Crippen LogP) is 5.58. The lowest BCUT2D eigenvalue weighted by molar-refractivity contribution is 0.0519. The first-order valence-electron chi connectivity index (χ1n) is 17.6. The lowest BCUT2D eigenvalue weighted by Crippen LogP contribution is -2.31. The van der Waals surface area contributed by atoms with Crippen LogP contribution >= 0.6 is 0 Å². The number of esters is 1. The van der Waals surface area contributed by atoms with Crippen LogP contribution in [-0.4, -0.2) is 64.9 Å². The molecule has 12 nitrogen and oxygen atoms in total. The molecule has 0 saturated heterocycles. The van der Waals surface area contributed by atoms with E-state index in [-0.39, 0.29) is 16.7 Å². The van der Waals surface area contributed by atoms with Gasteiger partial charge in [0.1, 0.15) is 0 Å². The van der Waals surface area contributed by atoms with Crippen LogP contribution in [0.25, 0.3) is 12.2 Å². The Bertz CT molecular complexity index is 2200. The van der Waals surface area contributed by atoms with Gasteiger partial charge in [-0.05, 0) is 90.6 Å². The summed E-state index contributed by atoms with van der Waals surface area (Å²) in [4.78, 5) is 41.2. The van der Waals surface area contributed by atoms with E-state index in [2.05, 4.69) is 57.8 Å². The van der Waals surface area contributed by atoms with Gasteiger partial charge in [0, 0.05) is 102 Å². The summed E-state index contributed by atoms with van der Waals surface area (Å²) in [5.41, 5.74) is 8.15. The number of carbonyl (C=O) groups is 2. The molecule has 0 bridgehead atoms. The second kappa shape index (κ2) is 14.2. The molecule has 0 aromatic carbocycles. The van der Waals surface area contributed by atoms with Crippen molar-refractivity contribution in [1.82, 2.24) is 45.6 Å². The van der Waals surface area contributed by atoms with Crippen molar-refractivity contribution in [2.24, 2.45) is 0 Å². The number of aromatic amines is 2. The number of hydrogen-bond acceptors (Lipinski definition) is 9. The molecule has 0 atom stereocenters. The number of nitrogens with zero attached hydrogens (tertiary/aromatic N) is 6. The number of carbonyl (C=O) groups excluding carboxylic acids is 2. The van der Waals surface area contributed by atoms with Gasteiger partial charge in [-0.2, -0.15) is 10.2 Å². The number of allylic oxidation sites excluding steroid dienone is 2. The summed E-state index contributed by atoms with van der Waals surface area (Å²) < 4.78 is 5.10. The highest BCUT2D eigenvalue weighted by Crippen LogP contribution is 2.43. The molecular formula is C41H37N9O3. The summed E-state index contributed by atoms with van der Waals surface area (Å²) in [6, 6.07) is 16.5. The number of nitrogens with one attached hydrogen (secondary N) is 3. The van der Waals surface area contributed by atoms with E-state index in [1.165, 1.54) is 0 Å². The standard InChI is InChI=1S/C21H19N5O.C20H18N4O2/c27-20(24-16-1-2-16)19-17-3-8-21(13-18(17)25-26-19,14-4-9-22-10-5-14)15-6-11-23-12-7-15;1-2-26-19(25)18-16-3-8-20(13-17(16)23-24-18,14-4-9-21-10-5-14)15-6-11-22-12-7-15/h3-12,16H,1-2,13H2,(H,24,27)(H,25,26);3-12H,2,13H2,1H3,(H,23,24). The molecule has 1 saturated carbocycles. The fourth-order valence-electron chi connectivity index (χ4n) is 7.26. The third kappa shape index (κ3) is 6.43. The Morgan fingerprint density at radius 1 is 0.660 bits per heavy atom. The van der Waals surface area contributed by atoms with Crippen molar-refractivity contribution < 1.29 is 14.3 Å². The average molecular weight is 704 g/mol. The van der Waals surface area contributed by atoms with E-state index in [0.717, 1.165) is 57.6 Å². The molecule has 6 aromatic rings. The van der Waals surface area contributed by atoms with Gasteiger partial charge in [-0.3, -0.25) is 34.9 Å². The van der Waals surface area contributed by atoms with Gasteiger partial charge in [0.15, 0.2) is 11.4 Å². The molecule has 6 aromatic heterocycles. The molecule has 12 heteroatoms. The minimum absolute atomic E-state index is 0.0972. The number of H-pyrrole nitrogens is 2. The van der Waals surface area contributed by atoms with Crippen molar-refractivity contribution in [1.29, 1.82) is 0 Å². The highest BCUT2D eigenvalue weighted by Gasteiger charge is 2.39. The quantitative estimate of drug-likeness (QED) is 0.172. The summed E-state index contributed by atoms with van der Waals surface area (Å²) in [5, 5.41) is 17.7. The zero-order valence-electron chi connectivity index (χ0n) is 29.1. The van der Waals surface area contributed by atoms with E-state index < -0.39 is 5.97 Å². The molecule has 0 unspecified atom stereocenters. The van der Waals surface area contributed by atoms with Crippen LogP contribution in [0.15, 0.2) is 110 Å². The van der Waals surface area contributed by atoms with Gasteiger partial charge < -0.3 is 10.1 Å². The van der Waals surface area contributed by atoms with Crippen LogP contribution in [-0.2, 0) is 28.4 Å². The minimum atomic E-state index is -0.407. The minimum Gasteiger partial charge on any atom is -0.461 e. The second-order valence-electron chi connectivity index (χ2n) is 13.3. The van der Waals surface area contributed by atoms with Crippen LogP contribution < -0.4 is 5.32 Å². The van der Waals surface area contributed by atoms with Crippen LogP contribution in [0, 0.1) is 0 Å². The zero-order valence-corrected chi connectivity index (χ0v) is 29.1. The van der Waals surface area contributed by atoms with Crippen LogP contribution in [0.2, 0.25) is 0 Å². The molecular weight excluding hydrogens is 667 g/mol. The maximum Gasteiger partial charge on any atom is 0.359 e. The fraction of sp³-hybridized carbons (Fsp3) is 0.220. The lowest BCUT2D eigenvalue weighted by Gasteiger charge is -2.34. The average Bonchev–Trinajstić information content (AvgIpc) is 3.77. The highest BCUT2D eigenvalue weighted by atomic mass is 16.5. The van der Waals surface area contributed by atoms with Gasteiger partial charge in [0.2, 0.25) is 0 Å². The van der Waals surface area contributed by atoms with E-state index in [9.17, 15) is 9.59 Å². The summed E-state index contributed by atoms with van der Waals surface area (Å²) in [6.45, 7) is 2.10. The van der Waals surface area contributed by atoms with E-state index in [1.807, 2.05) is 85.5 Å². The number of fused-ring (bicyclic) bond motifs is 2. The predicted molar refractivity (Wildman–Crippen MR) is 198 cm³/mol. The molecule has 6 heterocycles. The Balaban J connectivity index is 0.000000151. The van der Waals surface area contributed by atoms with Crippen molar-refractivity contribution in [3.05, 3.63) is 166 Å². The Kier molecular flexibility index (Phi) is 9.01. The molecule has 53 heavy (non-hydrogen) atoms. The van der Waals surface area contributed by atoms with Gasteiger partial charge in [0.25, 0.3) is 5.91 Å². The zero-order chi connectivity index (χ0) is 36.3. The van der Waals surface area contributed by atoms with Gasteiger partial charge in [-0.25, -0.2) is 4.79 Å². The third-order valence-corrected chi connectivity index (χ3v) is 10.1. The van der Waals surface area contributed by atoms with E-state index in [4.69, 9.17) is 4.74 Å². The lowest BCUT2D eigenvalue weighted by atomic mass is 9.69. The van der Waals surface area contributed by atoms with Crippen molar-refractivity contribution in [3.63, 3.8) is 0 Å². The largest absolute Gasteiger partial charge is 0.461 e. The van der Waals surface area contributed by atoms with Crippen LogP contribution in [0.1, 0.15) is 85.5 Å². The van der Waals surface area contributed by atoms with Crippen LogP contribution in [0.5, 0.6) is 0 Å². The van der Waals surface area contributed by atoms with E-state index in [1.54, 1.807) is 31.7 Å². The van der Waals surface area contributed by atoms with Gasteiger partial charge in [-0.15, -0.1) is 0 Å². The van der Waals surface area contributed by atoms with Crippen LogP contribution in [0.3, 0.4) is 0 Å². The molecule has 0 radical (unpaired) electrons. The topological polar surface area (TPSA) is 164 Å². The molecule has 3 aliphatic carbocycles. The molecule has 3 aliphatic rings. The molecule has 1 amide bonds. The number of hydrogen-bond donors (Lipinski definition) is 3. The second-order valence-corrected chi connectivity index (χ2v) is 13.3. The smallest absolute Gasteiger partial charge is 0.359 e. The van der Waals surface area contributed by atoms with E-state index in [0.29, 0.717) is 36.9 Å². The number of rotatable bonds is 8. The number of ether oxygens (including phenoxy) is 1. The first-order valence-corrected chi connectivity index (χ1v) is 17.6. The SMILES string of the molecule is CCOC(=O)c1n[nH]c2c1C=CC(c1ccncc1)(c1ccncc1)C2.O=C(NC1CC1)c1n[nH]c2c1C=CC(c1ccncc1)(c1ccncc1)C2.